The van der Waals surface area contributed by atoms with Crippen molar-refractivity contribution in [2.75, 3.05) is 6.54 Å². The van der Waals surface area contributed by atoms with Crippen molar-refractivity contribution in [3.63, 3.8) is 0 Å². The molecule has 0 spiro atoms. The van der Waals surface area contributed by atoms with Crippen molar-refractivity contribution in [3.05, 3.63) is 0 Å². The number of halogens is 2. The normalized spacial score (nSPS) is 27.9. The van der Waals surface area contributed by atoms with Gasteiger partial charge in [0.05, 0.1) is 6.54 Å². The van der Waals surface area contributed by atoms with Crippen LogP contribution in [-0.4, -0.2) is 40.0 Å². The molecule has 1 unspecified atom stereocenters. The Morgan fingerprint density at radius 1 is 1.50 bits per heavy atom. The van der Waals surface area contributed by atoms with E-state index in [1.54, 1.807) is 20.8 Å². The third-order valence-electron chi connectivity index (χ3n) is 2.42. The van der Waals surface area contributed by atoms with Gasteiger partial charge in [-0.25, -0.2) is 8.78 Å². The molecule has 1 atom stereocenters. The quantitative estimate of drug-likeness (QED) is 0.709. The molecule has 0 aromatic rings. The summed E-state index contributed by atoms with van der Waals surface area (Å²) in [5.41, 5.74) is -0.539. The van der Waals surface area contributed by atoms with E-state index in [4.69, 9.17) is 5.11 Å². The molecule has 1 fully saturated rings. The minimum absolute atomic E-state index is 0.465. The molecule has 0 aliphatic carbocycles. The lowest BCUT2D eigenvalue weighted by molar-refractivity contribution is -0.144. The Hall–Kier alpha value is -0.710. The fourth-order valence-corrected chi connectivity index (χ4v) is 1.74. The molecule has 1 aliphatic heterocycles. The Balaban J connectivity index is 2.89. The molecule has 3 nitrogen and oxygen atoms in total. The van der Waals surface area contributed by atoms with Gasteiger partial charge in [0.1, 0.15) is 6.04 Å². The van der Waals surface area contributed by atoms with Gasteiger partial charge in [-0.05, 0) is 20.8 Å². The van der Waals surface area contributed by atoms with Crippen LogP contribution in [0.15, 0.2) is 0 Å². The lowest BCUT2D eigenvalue weighted by atomic mass is 10.0. The maximum atomic E-state index is 13.0. The number of hydrogen-bond donors (Lipinski definition) is 1. The Kier molecular flexibility index (Phi) is 2.56. The second kappa shape index (κ2) is 3.15. The zero-order valence-corrected chi connectivity index (χ0v) is 8.55. The molecular formula is C9H15F2NO2. The summed E-state index contributed by atoms with van der Waals surface area (Å²) in [7, 11) is 0. The van der Waals surface area contributed by atoms with Gasteiger partial charge in [-0.15, -0.1) is 0 Å². The summed E-state index contributed by atoms with van der Waals surface area (Å²) in [6.07, 6.45) is -0.584. The van der Waals surface area contributed by atoms with Crippen LogP contribution in [0.2, 0.25) is 0 Å². The van der Waals surface area contributed by atoms with Crippen molar-refractivity contribution >= 4 is 5.97 Å². The molecule has 14 heavy (non-hydrogen) atoms. The Bertz CT molecular complexity index is 248. The van der Waals surface area contributed by atoms with Gasteiger partial charge in [0.15, 0.2) is 0 Å². The maximum absolute atomic E-state index is 13.0. The van der Waals surface area contributed by atoms with Crippen molar-refractivity contribution in [3.8, 4) is 0 Å². The van der Waals surface area contributed by atoms with E-state index in [2.05, 4.69) is 0 Å². The lowest BCUT2D eigenvalue weighted by Crippen LogP contribution is -2.48. The van der Waals surface area contributed by atoms with Crippen molar-refractivity contribution in [2.45, 2.75) is 44.7 Å². The molecule has 1 aliphatic rings. The van der Waals surface area contributed by atoms with Gasteiger partial charge in [-0.3, -0.25) is 9.69 Å². The minimum Gasteiger partial charge on any atom is -0.480 e. The number of nitrogens with zero attached hydrogens (tertiary/aromatic N) is 1. The van der Waals surface area contributed by atoms with E-state index in [0.717, 1.165) is 0 Å². The molecule has 5 heteroatoms. The molecule has 1 N–H and O–H groups in total. The molecule has 0 amide bonds. The lowest BCUT2D eigenvalue weighted by Gasteiger charge is -2.34. The number of hydrogen-bond acceptors (Lipinski definition) is 2. The van der Waals surface area contributed by atoms with E-state index >= 15 is 0 Å². The first-order valence-corrected chi connectivity index (χ1v) is 4.51. The summed E-state index contributed by atoms with van der Waals surface area (Å²) < 4.78 is 26.1. The molecule has 0 aromatic carbocycles. The van der Waals surface area contributed by atoms with Crippen LogP contribution in [-0.2, 0) is 4.79 Å². The number of likely N-dealkylation sites (tertiary alicyclic amines) is 1. The predicted octanol–water partition coefficient (Wildman–Crippen LogP) is 1.58. The standard InChI is InChI=1S/C9H15F2NO2/c1-8(2,3)12-5-9(10,11)4-6(12)7(13)14/h6H,4-5H2,1-3H3,(H,13,14). The van der Waals surface area contributed by atoms with E-state index in [1.807, 2.05) is 0 Å². The zero-order chi connectivity index (χ0) is 11.1. The van der Waals surface area contributed by atoms with Crippen LogP contribution in [0.1, 0.15) is 27.2 Å². The number of carboxylic acids is 1. The molecule has 82 valence electrons. The van der Waals surface area contributed by atoms with Crippen molar-refractivity contribution in [1.82, 2.24) is 4.90 Å². The summed E-state index contributed by atoms with van der Waals surface area (Å²) in [4.78, 5) is 12.1. The molecule has 0 saturated carbocycles. The number of aliphatic carboxylic acids is 1. The van der Waals surface area contributed by atoms with Crippen molar-refractivity contribution < 1.29 is 18.7 Å². The SMILES string of the molecule is CC(C)(C)N1CC(F)(F)CC1C(=O)O. The highest BCUT2D eigenvalue weighted by Gasteiger charge is 2.51. The molecule has 1 heterocycles. The van der Waals surface area contributed by atoms with Crippen LogP contribution in [0.3, 0.4) is 0 Å². The summed E-state index contributed by atoms with van der Waals surface area (Å²) in [5.74, 6) is -4.05. The summed E-state index contributed by atoms with van der Waals surface area (Å²) in [6, 6.07) is -1.06. The van der Waals surface area contributed by atoms with E-state index in [-0.39, 0.29) is 0 Å². The molecule has 1 saturated heterocycles. The summed E-state index contributed by atoms with van der Waals surface area (Å²) in [5, 5.41) is 8.80. The van der Waals surface area contributed by atoms with Gasteiger partial charge in [-0.1, -0.05) is 0 Å². The van der Waals surface area contributed by atoms with Gasteiger partial charge < -0.3 is 5.11 Å². The number of carboxylic acid groups (broad SMARTS) is 1. The third kappa shape index (κ3) is 2.20. The number of rotatable bonds is 1. The van der Waals surface area contributed by atoms with Gasteiger partial charge in [-0.2, -0.15) is 0 Å². The first-order valence-electron chi connectivity index (χ1n) is 4.51. The van der Waals surface area contributed by atoms with E-state index in [1.165, 1.54) is 4.90 Å². The monoisotopic (exact) mass is 207 g/mol. The first kappa shape index (κ1) is 11.4. The van der Waals surface area contributed by atoms with Gasteiger partial charge in [0.25, 0.3) is 5.92 Å². The van der Waals surface area contributed by atoms with Crippen molar-refractivity contribution in [1.29, 1.82) is 0 Å². The molecule has 0 bridgehead atoms. The maximum Gasteiger partial charge on any atom is 0.321 e. The summed E-state index contributed by atoms with van der Waals surface area (Å²) >= 11 is 0. The minimum atomic E-state index is -2.88. The molecular weight excluding hydrogens is 192 g/mol. The van der Waals surface area contributed by atoms with Crippen LogP contribution >= 0.6 is 0 Å². The average molecular weight is 207 g/mol. The smallest absolute Gasteiger partial charge is 0.321 e. The van der Waals surface area contributed by atoms with Crippen molar-refractivity contribution in [2.24, 2.45) is 0 Å². The van der Waals surface area contributed by atoms with Gasteiger partial charge >= 0.3 is 5.97 Å². The molecule has 0 radical (unpaired) electrons. The van der Waals surface area contributed by atoms with Crippen LogP contribution in [0, 0.1) is 0 Å². The fourth-order valence-electron chi connectivity index (χ4n) is 1.74. The van der Waals surface area contributed by atoms with Crippen LogP contribution < -0.4 is 0 Å². The highest BCUT2D eigenvalue weighted by Crippen LogP contribution is 2.36. The Morgan fingerprint density at radius 2 is 2.00 bits per heavy atom. The first-order chi connectivity index (χ1) is 6.13. The van der Waals surface area contributed by atoms with Gasteiger partial charge in [0, 0.05) is 12.0 Å². The second-order valence-corrected chi connectivity index (χ2v) is 4.71. The Morgan fingerprint density at radius 3 is 2.29 bits per heavy atom. The third-order valence-corrected chi connectivity index (χ3v) is 2.42. The van der Waals surface area contributed by atoms with E-state index < -0.39 is 36.4 Å². The van der Waals surface area contributed by atoms with Crippen LogP contribution in [0.4, 0.5) is 8.78 Å². The highest BCUT2D eigenvalue weighted by molar-refractivity contribution is 5.74. The largest absolute Gasteiger partial charge is 0.480 e. The van der Waals surface area contributed by atoms with Crippen LogP contribution in [0.5, 0.6) is 0 Å². The summed E-state index contributed by atoms with van der Waals surface area (Å²) in [6.45, 7) is 4.76. The molecule has 1 rings (SSSR count). The fraction of sp³-hybridized carbons (Fsp3) is 0.889. The van der Waals surface area contributed by atoms with Crippen LogP contribution in [0.25, 0.3) is 0 Å². The van der Waals surface area contributed by atoms with Gasteiger partial charge in [0.2, 0.25) is 0 Å². The Labute approximate surface area is 81.7 Å². The molecule has 0 aromatic heterocycles. The zero-order valence-electron chi connectivity index (χ0n) is 8.55. The predicted molar refractivity (Wildman–Crippen MR) is 47.4 cm³/mol. The van der Waals surface area contributed by atoms with E-state index in [9.17, 15) is 13.6 Å². The highest BCUT2D eigenvalue weighted by atomic mass is 19.3. The van der Waals surface area contributed by atoms with E-state index in [0.29, 0.717) is 0 Å². The average Bonchev–Trinajstić information content (AvgIpc) is 2.24. The number of carbonyl (C=O) groups is 1. The topological polar surface area (TPSA) is 40.5 Å². The number of alkyl halides is 2. The second-order valence-electron chi connectivity index (χ2n) is 4.71.